The van der Waals surface area contributed by atoms with E-state index in [-0.39, 0.29) is 30.3 Å². The van der Waals surface area contributed by atoms with Crippen LogP contribution in [0, 0.1) is 29.6 Å². The highest BCUT2D eigenvalue weighted by atomic mass is 35.5. The number of fused-ring (bicyclic) bond motifs is 2. The Morgan fingerprint density at radius 2 is 1.80 bits per heavy atom. The van der Waals surface area contributed by atoms with E-state index in [4.69, 9.17) is 5.73 Å². The Balaban J connectivity index is 0.00000147. The molecule has 3 aliphatic rings. The largest absolute Gasteiger partial charge is 0.353 e. The third-order valence-electron chi connectivity index (χ3n) is 6.32. The third-order valence-corrected chi connectivity index (χ3v) is 6.32. The lowest BCUT2D eigenvalue weighted by atomic mass is 9.77. The van der Waals surface area contributed by atoms with Crippen LogP contribution >= 0.6 is 12.4 Å². The van der Waals surface area contributed by atoms with Crippen molar-refractivity contribution in [1.29, 1.82) is 0 Å². The summed E-state index contributed by atoms with van der Waals surface area (Å²) in [6.07, 6.45) is 7.35. The fourth-order valence-electron chi connectivity index (χ4n) is 4.79. The van der Waals surface area contributed by atoms with E-state index in [1.807, 2.05) is 0 Å². The maximum absolute atomic E-state index is 12.6. The fraction of sp³-hybridized carbons (Fsp3) is 0.938. The minimum absolute atomic E-state index is 0. The van der Waals surface area contributed by atoms with E-state index in [0.29, 0.717) is 23.8 Å². The van der Waals surface area contributed by atoms with Gasteiger partial charge in [-0.25, -0.2) is 0 Å². The molecule has 0 heterocycles. The lowest BCUT2D eigenvalue weighted by Crippen LogP contribution is -2.51. The summed E-state index contributed by atoms with van der Waals surface area (Å²) in [5, 5.41) is 3.34. The van der Waals surface area contributed by atoms with Crippen LogP contribution in [-0.2, 0) is 4.79 Å². The average Bonchev–Trinajstić information content (AvgIpc) is 2.95. The van der Waals surface area contributed by atoms with Crippen molar-refractivity contribution in [3.05, 3.63) is 0 Å². The van der Waals surface area contributed by atoms with Crippen molar-refractivity contribution >= 4 is 18.3 Å². The Hall–Kier alpha value is -0.280. The van der Waals surface area contributed by atoms with Crippen molar-refractivity contribution in [3.8, 4) is 0 Å². The van der Waals surface area contributed by atoms with Crippen LogP contribution in [0.2, 0.25) is 0 Å². The Morgan fingerprint density at radius 1 is 1.10 bits per heavy atom. The highest BCUT2D eigenvalue weighted by Crippen LogP contribution is 2.47. The van der Waals surface area contributed by atoms with Crippen LogP contribution in [0.15, 0.2) is 0 Å². The molecular formula is C16H29ClN2O. The van der Waals surface area contributed by atoms with Gasteiger partial charge in [-0.05, 0) is 49.4 Å². The Kier molecular flexibility index (Phi) is 5.01. The van der Waals surface area contributed by atoms with Crippen molar-refractivity contribution in [1.82, 2.24) is 5.32 Å². The van der Waals surface area contributed by atoms with Gasteiger partial charge >= 0.3 is 0 Å². The van der Waals surface area contributed by atoms with Crippen LogP contribution < -0.4 is 11.1 Å². The molecule has 0 radical (unpaired) electrons. The van der Waals surface area contributed by atoms with Crippen LogP contribution in [0.25, 0.3) is 0 Å². The van der Waals surface area contributed by atoms with Gasteiger partial charge < -0.3 is 11.1 Å². The molecule has 7 unspecified atom stereocenters. The molecule has 116 valence electrons. The monoisotopic (exact) mass is 300 g/mol. The Morgan fingerprint density at radius 3 is 2.45 bits per heavy atom. The van der Waals surface area contributed by atoms with E-state index in [1.54, 1.807) is 0 Å². The number of carbonyl (C=O) groups is 1. The van der Waals surface area contributed by atoms with Gasteiger partial charge in [0.15, 0.2) is 0 Å². The predicted molar refractivity (Wildman–Crippen MR) is 83.7 cm³/mol. The number of nitrogens with two attached hydrogens (primary N) is 1. The van der Waals surface area contributed by atoms with Crippen LogP contribution in [-0.4, -0.2) is 18.0 Å². The molecule has 3 aliphatic carbocycles. The maximum atomic E-state index is 12.6. The summed E-state index contributed by atoms with van der Waals surface area (Å²) < 4.78 is 0. The summed E-state index contributed by atoms with van der Waals surface area (Å²) in [5.41, 5.74) is 6.27. The molecule has 3 rings (SSSR count). The van der Waals surface area contributed by atoms with E-state index in [2.05, 4.69) is 19.2 Å². The number of halogens is 1. The molecule has 0 saturated heterocycles. The molecule has 20 heavy (non-hydrogen) atoms. The third kappa shape index (κ3) is 2.71. The molecule has 3 saturated carbocycles. The molecule has 1 amide bonds. The van der Waals surface area contributed by atoms with E-state index in [9.17, 15) is 4.79 Å². The molecule has 0 aromatic carbocycles. The van der Waals surface area contributed by atoms with Crippen molar-refractivity contribution in [2.24, 2.45) is 35.3 Å². The number of rotatable bonds is 2. The van der Waals surface area contributed by atoms with Crippen molar-refractivity contribution in [2.45, 2.75) is 64.5 Å². The van der Waals surface area contributed by atoms with Gasteiger partial charge in [-0.2, -0.15) is 0 Å². The molecule has 0 aromatic rings. The number of hydrogen-bond acceptors (Lipinski definition) is 2. The maximum Gasteiger partial charge on any atom is 0.225 e. The van der Waals surface area contributed by atoms with Crippen LogP contribution in [0.5, 0.6) is 0 Å². The van der Waals surface area contributed by atoms with Gasteiger partial charge in [0, 0.05) is 12.1 Å². The SMILES string of the molecule is CC1CCCC(NC(=O)C2C3CCC(C3)C2N)C1C.Cl. The number of amides is 1. The topological polar surface area (TPSA) is 55.1 Å². The van der Waals surface area contributed by atoms with Gasteiger partial charge in [-0.15, -0.1) is 12.4 Å². The highest BCUT2D eigenvalue weighted by molar-refractivity contribution is 5.85. The van der Waals surface area contributed by atoms with E-state index in [0.717, 1.165) is 12.3 Å². The van der Waals surface area contributed by atoms with Crippen molar-refractivity contribution < 1.29 is 4.79 Å². The lowest BCUT2D eigenvalue weighted by Gasteiger charge is -2.36. The predicted octanol–water partition coefficient (Wildman–Crippen LogP) is 2.72. The first-order chi connectivity index (χ1) is 9.08. The summed E-state index contributed by atoms with van der Waals surface area (Å²) in [6.45, 7) is 4.60. The molecule has 3 N–H and O–H groups in total. The van der Waals surface area contributed by atoms with Crippen molar-refractivity contribution in [2.75, 3.05) is 0 Å². The van der Waals surface area contributed by atoms with E-state index < -0.39 is 0 Å². The fourth-order valence-corrected chi connectivity index (χ4v) is 4.79. The Labute approximate surface area is 128 Å². The molecule has 0 aromatic heterocycles. The zero-order chi connectivity index (χ0) is 13.6. The quantitative estimate of drug-likeness (QED) is 0.824. The second kappa shape index (κ2) is 6.23. The van der Waals surface area contributed by atoms with Gasteiger partial charge in [0.1, 0.15) is 0 Å². The standard InChI is InChI=1S/C16H28N2O.ClH/c1-9-4-3-5-13(10(9)2)18-16(19)14-11-6-7-12(8-11)15(14)17;/h9-15H,3-8,17H2,1-2H3,(H,18,19);1H. The summed E-state index contributed by atoms with van der Waals surface area (Å²) >= 11 is 0. The summed E-state index contributed by atoms with van der Waals surface area (Å²) in [4.78, 5) is 12.6. The first-order valence-electron chi connectivity index (χ1n) is 8.14. The average molecular weight is 301 g/mol. The number of nitrogens with one attached hydrogen (secondary N) is 1. The van der Waals surface area contributed by atoms with Crippen LogP contribution in [0.3, 0.4) is 0 Å². The summed E-state index contributed by atoms with van der Waals surface area (Å²) in [7, 11) is 0. The van der Waals surface area contributed by atoms with Crippen LogP contribution in [0.4, 0.5) is 0 Å². The Bertz CT molecular complexity index is 360. The zero-order valence-electron chi connectivity index (χ0n) is 12.7. The van der Waals surface area contributed by atoms with Gasteiger partial charge in [0.05, 0.1) is 5.92 Å². The molecule has 3 fully saturated rings. The zero-order valence-corrected chi connectivity index (χ0v) is 13.5. The van der Waals surface area contributed by atoms with Crippen molar-refractivity contribution in [3.63, 3.8) is 0 Å². The minimum Gasteiger partial charge on any atom is -0.353 e. The number of carbonyl (C=O) groups excluding carboxylic acids is 1. The van der Waals surface area contributed by atoms with Crippen LogP contribution in [0.1, 0.15) is 52.4 Å². The molecule has 0 spiro atoms. The van der Waals surface area contributed by atoms with Gasteiger partial charge in [0.2, 0.25) is 5.91 Å². The molecule has 3 nitrogen and oxygen atoms in total. The summed E-state index contributed by atoms with van der Waals surface area (Å²) in [6, 6.07) is 0.498. The van der Waals surface area contributed by atoms with Gasteiger partial charge in [-0.3, -0.25) is 4.79 Å². The normalized spacial score (nSPS) is 46.9. The molecule has 0 aliphatic heterocycles. The first-order valence-corrected chi connectivity index (χ1v) is 8.14. The van der Waals surface area contributed by atoms with Gasteiger partial charge in [-0.1, -0.05) is 26.7 Å². The first kappa shape index (κ1) is 16.1. The molecule has 7 atom stereocenters. The van der Waals surface area contributed by atoms with E-state index >= 15 is 0 Å². The minimum atomic E-state index is 0. The van der Waals surface area contributed by atoms with E-state index in [1.165, 1.54) is 32.1 Å². The second-order valence-corrected chi connectivity index (χ2v) is 7.32. The molecular weight excluding hydrogens is 272 g/mol. The summed E-state index contributed by atoms with van der Waals surface area (Å²) in [5.74, 6) is 2.87. The highest BCUT2D eigenvalue weighted by Gasteiger charge is 2.49. The van der Waals surface area contributed by atoms with Gasteiger partial charge in [0.25, 0.3) is 0 Å². The number of hydrogen-bond donors (Lipinski definition) is 2. The second-order valence-electron chi connectivity index (χ2n) is 7.32. The smallest absolute Gasteiger partial charge is 0.225 e. The molecule has 4 heteroatoms. The molecule has 2 bridgehead atoms. The lowest BCUT2D eigenvalue weighted by molar-refractivity contribution is -0.128.